The van der Waals surface area contributed by atoms with E-state index in [0.717, 1.165) is 31.8 Å². The maximum absolute atomic E-state index is 5.63. The maximum atomic E-state index is 5.63. The van der Waals surface area contributed by atoms with Crippen molar-refractivity contribution in [1.29, 1.82) is 0 Å². The van der Waals surface area contributed by atoms with Gasteiger partial charge in [0.05, 0.1) is 12.4 Å². The summed E-state index contributed by atoms with van der Waals surface area (Å²) in [6, 6.07) is 0. The molecule has 0 spiro atoms. The van der Waals surface area contributed by atoms with E-state index in [1.165, 1.54) is 5.57 Å². The second kappa shape index (κ2) is 5.86. The third-order valence-corrected chi connectivity index (χ3v) is 2.59. The van der Waals surface area contributed by atoms with Gasteiger partial charge in [-0.25, -0.2) is 0 Å². The first kappa shape index (κ1) is 11.3. The van der Waals surface area contributed by atoms with Crippen LogP contribution in [0.25, 0.3) is 0 Å². The summed E-state index contributed by atoms with van der Waals surface area (Å²) in [7, 11) is 1.75. The molecular weight excluding hydrogens is 176 g/mol. The van der Waals surface area contributed by atoms with Crippen LogP contribution in [0.3, 0.4) is 0 Å². The first-order valence-electron chi connectivity index (χ1n) is 5.22. The van der Waals surface area contributed by atoms with Gasteiger partial charge in [-0.15, -0.1) is 0 Å². The zero-order chi connectivity index (χ0) is 10.4. The highest BCUT2D eigenvalue weighted by Gasteiger charge is 2.18. The quantitative estimate of drug-likeness (QED) is 0.688. The Morgan fingerprint density at radius 2 is 2.36 bits per heavy atom. The van der Waals surface area contributed by atoms with Gasteiger partial charge in [0.1, 0.15) is 0 Å². The van der Waals surface area contributed by atoms with Crippen molar-refractivity contribution in [2.45, 2.75) is 26.7 Å². The van der Waals surface area contributed by atoms with E-state index >= 15 is 0 Å². The molecule has 0 aliphatic carbocycles. The molecule has 1 rings (SSSR count). The average Bonchev–Trinajstić information content (AvgIpc) is 2.19. The minimum atomic E-state index is 0.616. The predicted molar refractivity (Wildman–Crippen MR) is 58.1 cm³/mol. The van der Waals surface area contributed by atoms with Crippen molar-refractivity contribution in [3.05, 3.63) is 23.5 Å². The Bertz CT molecular complexity index is 228. The van der Waals surface area contributed by atoms with E-state index < -0.39 is 0 Å². The van der Waals surface area contributed by atoms with Crippen LogP contribution < -0.4 is 0 Å². The van der Waals surface area contributed by atoms with E-state index in [1.807, 2.05) is 13.8 Å². The number of rotatable bonds is 4. The summed E-state index contributed by atoms with van der Waals surface area (Å²) in [4.78, 5) is 0. The lowest BCUT2D eigenvalue weighted by atomic mass is 9.94. The van der Waals surface area contributed by atoms with Crippen LogP contribution in [-0.4, -0.2) is 20.3 Å². The molecule has 80 valence electrons. The third-order valence-electron chi connectivity index (χ3n) is 2.59. The molecular formula is C12H20O2. The van der Waals surface area contributed by atoms with Gasteiger partial charge in [-0.1, -0.05) is 12.2 Å². The van der Waals surface area contributed by atoms with Crippen LogP contribution in [0.15, 0.2) is 23.5 Å². The summed E-state index contributed by atoms with van der Waals surface area (Å²) in [6.45, 7) is 5.76. The molecule has 1 aliphatic rings. The maximum Gasteiger partial charge on any atom is 0.0960 e. The van der Waals surface area contributed by atoms with Crippen molar-refractivity contribution in [3.8, 4) is 0 Å². The van der Waals surface area contributed by atoms with Crippen molar-refractivity contribution >= 4 is 0 Å². The highest BCUT2D eigenvalue weighted by Crippen LogP contribution is 2.26. The summed E-state index contributed by atoms with van der Waals surface area (Å²) >= 11 is 0. The SMILES string of the molecule is C/C=C\C1=C(C)OC[C@H](CCOC)C1. The Kier molecular flexibility index (Phi) is 4.74. The molecule has 1 aliphatic heterocycles. The third kappa shape index (κ3) is 3.18. The largest absolute Gasteiger partial charge is 0.498 e. The minimum absolute atomic E-state index is 0.616. The Morgan fingerprint density at radius 1 is 1.57 bits per heavy atom. The van der Waals surface area contributed by atoms with Gasteiger partial charge in [-0.2, -0.15) is 0 Å². The van der Waals surface area contributed by atoms with E-state index in [9.17, 15) is 0 Å². The van der Waals surface area contributed by atoms with Crippen LogP contribution in [0.2, 0.25) is 0 Å². The number of hydrogen-bond acceptors (Lipinski definition) is 2. The Labute approximate surface area is 86.6 Å². The molecule has 2 nitrogen and oxygen atoms in total. The fourth-order valence-corrected chi connectivity index (χ4v) is 1.71. The number of ether oxygens (including phenoxy) is 2. The van der Waals surface area contributed by atoms with Crippen LogP contribution in [-0.2, 0) is 9.47 Å². The zero-order valence-electron chi connectivity index (χ0n) is 9.38. The lowest BCUT2D eigenvalue weighted by Gasteiger charge is -2.25. The van der Waals surface area contributed by atoms with E-state index in [0.29, 0.717) is 5.92 Å². The summed E-state index contributed by atoms with van der Waals surface area (Å²) in [5, 5.41) is 0. The second-order valence-electron chi connectivity index (χ2n) is 3.74. The van der Waals surface area contributed by atoms with Crippen molar-refractivity contribution in [2.24, 2.45) is 5.92 Å². The Hall–Kier alpha value is -0.760. The van der Waals surface area contributed by atoms with Gasteiger partial charge in [0.15, 0.2) is 0 Å². The van der Waals surface area contributed by atoms with Gasteiger partial charge in [-0.05, 0) is 38.2 Å². The minimum Gasteiger partial charge on any atom is -0.498 e. The van der Waals surface area contributed by atoms with Gasteiger partial charge in [0.2, 0.25) is 0 Å². The Balaban J connectivity index is 2.49. The van der Waals surface area contributed by atoms with Crippen molar-refractivity contribution in [2.75, 3.05) is 20.3 Å². The van der Waals surface area contributed by atoms with Crippen LogP contribution in [0.4, 0.5) is 0 Å². The fraction of sp³-hybridized carbons (Fsp3) is 0.667. The smallest absolute Gasteiger partial charge is 0.0960 e. The molecule has 0 aromatic rings. The molecule has 0 saturated carbocycles. The van der Waals surface area contributed by atoms with Gasteiger partial charge in [0, 0.05) is 13.7 Å². The van der Waals surface area contributed by atoms with Crippen LogP contribution >= 0.6 is 0 Å². The highest BCUT2D eigenvalue weighted by molar-refractivity contribution is 5.23. The van der Waals surface area contributed by atoms with Gasteiger partial charge >= 0.3 is 0 Å². The fourth-order valence-electron chi connectivity index (χ4n) is 1.71. The molecule has 14 heavy (non-hydrogen) atoms. The number of methoxy groups -OCH3 is 1. The molecule has 0 unspecified atom stereocenters. The van der Waals surface area contributed by atoms with E-state index in [-0.39, 0.29) is 0 Å². The molecule has 1 atom stereocenters. The van der Waals surface area contributed by atoms with Crippen LogP contribution in [0.5, 0.6) is 0 Å². The first-order valence-corrected chi connectivity index (χ1v) is 5.22. The molecule has 0 saturated heterocycles. The molecule has 0 aromatic carbocycles. The topological polar surface area (TPSA) is 18.5 Å². The molecule has 0 fully saturated rings. The van der Waals surface area contributed by atoms with Gasteiger partial charge in [0.25, 0.3) is 0 Å². The molecule has 0 bridgehead atoms. The van der Waals surface area contributed by atoms with E-state index in [2.05, 4.69) is 12.2 Å². The van der Waals surface area contributed by atoms with E-state index in [4.69, 9.17) is 9.47 Å². The lowest BCUT2D eigenvalue weighted by Crippen LogP contribution is -2.17. The molecule has 0 radical (unpaired) electrons. The normalized spacial score (nSPS) is 22.9. The molecule has 1 heterocycles. The lowest BCUT2D eigenvalue weighted by molar-refractivity contribution is 0.110. The van der Waals surface area contributed by atoms with Gasteiger partial charge < -0.3 is 9.47 Å². The molecule has 0 aromatic heterocycles. The summed E-state index contributed by atoms with van der Waals surface area (Å²) in [6.07, 6.45) is 6.43. The second-order valence-corrected chi connectivity index (χ2v) is 3.74. The standard InChI is InChI=1S/C12H20O2/c1-4-5-12-8-11(6-7-13-3)9-14-10(12)2/h4-5,11H,6-9H2,1-3H3/b5-4-/t11-/m1/s1. The average molecular weight is 196 g/mol. The number of hydrogen-bond donors (Lipinski definition) is 0. The van der Waals surface area contributed by atoms with E-state index in [1.54, 1.807) is 7.11 Å². The Morgan fingerprint density at radius 3 is 3.00 bits per heavy atom. The predicted octanol–water partition coefficient (Wildman–Crippen LogP) is 2.91. The highest BCUT2D eigenvalue weighted by atomic mass is 16.5. The summed E-state index contributed by atoms with van der Waals surface area (Å²) in [5.41, 5.74) is 1.33. The monoisotopic (exact) mass is 196 g/mol. The zero-order valence-corrected chi connectivity index (χ0v) is 9.38. The molecule has 0 N–H and O–H groups in total. The summed E-state index contributed by atoms with van der Waals surface area (Å²) in [5.74, 6) is 1.70. The van der Waals surface area contributed by atoms with Crippen LogP contribution in [0, 0.1) is 5.92 Å². The van der Waals surface area contributed by atoms with Crippen LogP contribution in [0.1, 0.15) is 26.7 Å². The van der Waals surface area contributed by atoms with Crippen molar-refractivity contribution in [1.82, 2.24) is 0 Å². The first-order chi connectivity index (χ1) is 6.77. The van der Waals surface area contributed by atoms with Gasteiger partial charge in [-0.3, -0.25) is 0 Å². The molecule has 0 amide bonds. The van der Waals surface area contributed by atoms with Crippen molar-refractivity contribution in [3.63, 3.8) is 0 Å². The number of allylic oxidation sites excluding steroid dienone is 4. The van der Waals surface area contributed by atoms with Crippen molar-refractivity contribution < 1.29 is 9.47 Å². The molecule has 2 heteroatoms. The summed E-state index contributed by atoms with van der Waals surface area (Å²) < 4.78 is 10.7.